The van der Waals surface area contributed by atoms with Gasteiger partial charge in [-0.05, 0) is 32.4 Å². The van der Waals surface area contributed by atoms with Crippen molar-refractivity contribution in [3.8, 4) is 6.07 Å². The molecule has 2 unspecified atom stereocenters. The Kier molecular flexibility index (Phi) is 2.07. The van der Waals surface area contributed by atoms with Crippen molar-refractivity contribution in [1.29, 1.82) is 5.26 Å². The molecule has 1 fully saturated rings. The second kappa shape index (κ2) is 2.84. The first kappa shape index (κ1) is 6.57. The van der Waals surface area contributed by atoms with Crippen LogP contribution in [0.1, 0.15) is 13.3 Å². The molecule has 1 heterocycles. The van der Waals surface area contributed by atoms with E-state index in [1.165, 1.54) is 6.42 Å². The van der Waals surface area contributed by atoms with Gasteiger partial charge in [0.05, 0.1) is 6.07 Å². The predicted molar refractivity (Wildman–Crippen MR) is 35.8 cm³/mol. The number of hydrogen-bond acceptors (Lipinski definition) is 2. The lowest BCUT2D eigenvalue weighted by molar-refractivity contribution is 0.469. The van der Waals surface area contributed by atoms with E-state index in [2.05, 4.69) is 11.4 Å². The Morgan fingerprint density at radius 2 is 2.56 bits per heavy atom. The SMILES string of the molecule is CC(C#N)C1CCNC1. The molecule has 0 bridgehead atoms. The summed E-state index contributed by atoms with van der Waals surface area (Å²) in [5.41, 5.74) is 0. The van der Waals surface area contributed by atoms with Gasteiger partial charge in [0, 0.05) is 5.92 Å². The highest BCUT2D eigenvalue weighted by Gasteiger charge is 2.20. The third-order valence-electron chi connectivity index (χ3n) is 2.01. The Morgan fingerprint density at radius 1 is 1.78 bits per heavy atom. The van der Waals surface area contributed by atoms with E-state index >= 15 is 0 Å². The minimum absolute atomic E-state index is 0.236. The van der Waals surface area contributed by atoms with Crippen molar-refractivity contribution in [3.63, 3.8) is 0 Å². The van der Waals surface area contributed by atoms with Crippen LogP contribution in [0.2, 0.25) is 0 Å². The zero-order chi connectivity index (χ0) is 6.69. The van der Waals surface area contributed by atoms with Crippen LogP contribution < -0.4 is 5.32 Å². The Hall–Kier alpha value is -0.550. The number of nitriles is 1. The quantitative estimate of drug-likeness (QED) is 0.560. The van der Waals surface area contributed by atoms with Crippen LogP contribution >= 0.6 is 0 Å². The van der Waals surface area contributed by atoms with Crippen molar-refractivity contribution in [1.82, 2.24) is 5.32 Å². The highest BCUT2D eigenvalue weighted by Crippen LogP contribution is 2.16. The molecular formula is C7H12N2. The van der Waals surface area contributed by atoms with Gasteiger partial charge in [-0.25, -0.2) is 0 Å². The maximum atomic E-state index is 8.52. The third-order valence-corrected chi connectivity index (χ3v) is 2.01. The van der Waals surface area contributed by atoms with Crippen LogP contribution in [-0.4, -0.2) is 13.1 Å². The van der Waals surface area contributed by atoms with E-state index in [0.29, 0.717) is 5.92 Å². The zero-order valence-electron chi connectivity index (χ0n) is 5.72. The summed E-state index contributed by atoms with van der Waals surface area (Å²) in [5.74, 6) is 0.843. The van der Waals surface area contributed by atoms with Gasteiger partial charge in [0.2, 0.25) is 0 Å². The minimum atomic E-state index is 0.236. The van der Waals surface area contributed by atoms with Gasteiger partial charge in [-0.1, -0.05) is 0 Å². The van der Waals surface area contributed by atoms with Crippen LogP contribution in [0.4, 0.5) is 0 Å². The summed E-state index contributed by atoms with van der Waals surface area (Å²) in [6, 6.07) is 2.27. The summed E-state index contributed by atoms with van der Waals surface area (Å²) in [4.78, 5) is 0. The fourth-order valence-electron chi connectivity index (χ4n) is 1.21. The molecule has 1 aliphatic heterocycles. The maximum absolute atomic E-state index is 8.52. The highest BCUT2D eigenvalue weighted by molar-refractivity contribution is 4.88. The molecule has 50 valence electrons. The molecule has 1 saturated heterocycles. The van der Waals surface area contributed by atoms with Crippen LogP contribution in [0.25, 0.3) is 0 Å². The summed E-state index contributed by atoms with van der Waals surface area (Å²) in [5, 5.41) is 11.8. The van der Waals surface area contributed by atoms with Gasteiger partial charge < -0.3 is 5.32 Å². The summed E-state index contributed by atoms with van der Waals surface area (Å²) >= 11 is 0. The van der Waals surface area contributed by atoms with Crippen molar-refractivity contribution < 1.29 is 0 Å². The molecule has 1 rings (SSSR count). The van der Waals surface area contributed by atoms with Gasteiger partial charge in [-0.15, -0.1) is 0 Å². The first-order valence-corrected chi connectivity index (χ1v) is 3.45. The lowest BCUT2D eigenvalue weighted by Crippen LogP contribution is -2.13. The molecule has 2 heteroatoms. The Labute approximate surface area is 55.9 Å². The third kappa shape index (κ3) is 1.43. The van der Waals surface area contributed by atoms with Crippen LogP contribution in [0, 0.1) is 23.2 Å². The van der Waals surface area contributed by atoms with Gasteiger partial charge in [-0.2, -0.15) is 5.26 Å². The smallest absolute Gasteiger partial charge is 0.0656 e. The predicted octanol–water partition coefficient (Wildman–Crippen LogP) is 0.756. The molecule has 1 N–H and O–H groups in total. The van der Waals surface area contributed by atoms with Crippen molar-refractivity contribution >= 4 is 0 Å². The average Bonchev–Trinajstić information content (AvgIpc) is 2.37. The lowest BCUT2D eigenvalue weighted by atomic mass is 9.95. The van der Waals surface area contributed by atoms with E-state index in [4.69, 9.17) is 5.26 Å². The largest absolute Gasteiger partial charge is 0.316 e. The number of nitrogens with zero attached hydrogens (tertiary/aromatic N) is 1. The van der Waals surface area contributed by atoms with E-state index in [1.807, 2.05) is 6.92 Å². The van der Waals surface area contributed by atoms with Crippen molar-refractivity contribution in [2.75, 3.05) is 13.1 Å². The first-order chi connectivity index (χ1) is 4.34. The molecule has 0 aliphatic carbocycles. The van der Waals surface area contributed by atoms with Crippen LogP contribution in [0.15, 0.2) is 0 Å². The van der Waals surface area contributed by atoms with Gasteiger partial charge in [0.25, 0.3) is 0 Å². The molecule has 0 radical (unpaired) electrons. The topological polar surface area (TPSA) is 35.8 Å². The van der Waals surface area contributed by atoms with E-state index in [1.54, 1.807) is 0 Å². The van der Waals surface area contributed by atoms with Gasteiger partial charge in [-0.3, -0.25) is 0 Å². The molecule has 0 aromatic rings. The Bertz CT molecular complexity index is 119. The monoisotopic (exact) mass is 124 g/mol. The lowest BCUT2D eigenvalue weighted by Gasteiger charge is -2.07. The molecule has 2 atom stereocenters. The normalized spacial score (nSPS) is 29.6. The number of rotatable bonds is 1. The molecule has 0 amide bonds. The number of nitrogens with one attached hydrogen (secondary N) is 1. The van der Waals surface area contributed by atoms with E-state index in [9.17, 15) is 0 Å². The molecular weight excluding hydrogens is 112 g/mol. The molecule has 0 spiro atoms. The second-order valence-corrected chi connectivity index (χ2v) is 2.67. The molecule has 2 nitrogen and oxygen atoms in total. The molecule has 1 aliphatic rings. The van der Waals surface area contributed by atoms with E-state index < -0.39 is 0 Å². The van der Waals surface area contributed by atoms with Crippen LogP contribution in [0.5, 0.6) is 0 Å². The minimum Gasteiger partial charge on any atom is -0.316 e. The van der Waals surface area contributed by atoms with Crippen LogP contribution in [-0.2, 0) is 0 Å². The molecule has 0 aromatic heterocycles. The average molecular weight is 124 g/mol. The summed E-state index contributed by atoms with van der Waals surface area (Å²) in [6.45, 7) is 4.13. The zero-order valence-corrected chi connectivity index (χ0v) is 5.72. The highest BCUT2D eigenvalue weighted by atomic mass is 14.9. The van der Waals surface area contributed by atoms with E-state index in [0.717, 1.165) is 13.1 Å². The van der Waals surface area contributed by atoms with E-state index in [-0.39, 0.29) is 5.92 Å². The van der Waals surface area contributed by atoms with Gasteiger partial charge >= 0.3 is 0 Å². The Balaban J connectivity index is 2.34. The van der Waals surface area contributed by atoms with Gasteiger partial charge in [0.1, 0.15) is 0 Å². The molecule has 0 saturated carbocycles. The fourth-order valence-corrected chi connectivity index (χ4v) is 1.21. The number of hydrogen-bond donors (Lipinski definition) is 1. The Morgan fingerprint density at radius 3 is 3.00 bits per heavy atom. The summed E-state index contributed by atoms with van der Waals surface area (Å²) in [6.07, 6.45) is 1.18. The van der Waals surface area contributed by atoms with Crippen molar-refractivity contribution in [3.05, 3.63) is 0 Å². The van der Waals surface area contributed by atoms with Crippen LogP contribution in [0.3, 0.4) is 0 Å². The maximum Gasteiger partial charge on any atom is 0.0656 e. The van der Waals surface area contributed by atoms with Crippen molar-refractivity contribution in [2.45, 2.75) is 13.3 Å². The first-order valence-electron chi connectivity index (χ1n) is 3.45. The second-order valence-electron chi connectivity index (χ2n) is 2.67. The van der Waals surface area contributed by atoms with Crippen molar-refractivity contribution in [2.24, 2.45) is 11.8 Å². The summed E-state index contributed by atoms with van der Waals surface area (Å²) in [7, 11) is 0. The molecule has 9 heavy (non-hydrogen) atoms. The standard InChI is InChI=1S/C7H12N2/c1-6(4-8)7-2-3-9-5-7/h6-7,9H,2-3,5H2,1H3. The van der Waals surface area contributed by atoms with Gasteiger partial charge in [0.15, 0.2) is 0 Å². The fraction of sp³-hybridized carbons (Fsp3) is 0.857. The molecule has 0 aromatic carbocycles. The summed E-state index contributed by atoms with van der Waals surface area (Å²) < 4.78 is 0.